The Morgan fingerprint density at radius 3 is 2.70 bits per heavy atom. The molecule has 1 N–H and O–H groups in total. The summed E-state index contributed by atoms with van der Waals surface area (Å²) >= 11 is 0. The van der Waals surface area contributed by atoms with Crippen molar-refractivity contribution in [3.05, 3.63) is 18.7 Å². The summed E-state index contributed by atoms with van der Waals surface area (Å²) in [6.07, 6.45) is 11.8. The Bertz CT molecular complexity index is 437. The predicted octanol–water partition coefficient (Wildman–Crippen LogP) is 1.58. The van der Waals surface area contributed by atoms with Crippen LogP contribution in [-0.4, -0.2) is 45.5 Å². The molecule has 20 heavy (non-hydrogen) atoms. The van der Waals surface area contributed by atoms with Crippen LogP contribution < -0.4 is 5.32 Å². The van der Waals surface area contributed by atoms with E-state index in [1.807, 2.05) is 17.4 Å². The molecular formula is C15H24N4O. The van der Waals surface area contributed by atoms with Gasteiger partial charge in [-0.05, 0) is 32.1 Å². The number of aromatic nitrogens is 2. The summed E-state index contributed by atoms with van der Waals surface area (Å²) in [6.45, 7) is 3.46. The quantitative estimate of drug-likeness (QED) is 0.912. The molecule has 2 aliphatic rings. The normalized spacial score (nSPS) is 27.9. The van der Waals surface area contributed by atoms with Gasteiger partial charge in [0.15, 0.2) is 0 Å². The zero-order valence-electron chi connectivity index (χ0n) is 12.2. The summed E-state index contributed by atoms with van der Waals surface area (Å²) < 4.78 is 2.25. The van der Waals surface area contributed by atoms with Crippen molar-refractivity contribution < 1.29 is 4.79 Å². The van der Waals surface area contributed by atoms with E-state index in [1.54, 1.807) is 6.92 Å². The van der Waals surface area contributed by atoms with Crippen molar-refractivity contribution in [2.45, 2.75) is 57.2 Å². The number of rotatable bonds is 3. The van der Waals surface area contributed by atoms with Crippen molar-refractivity contribution in [2.75, 3.05) is 13.1 Å². The van der Waals surface area contributed by atoms with Crippen LogP contribution in [0.3, 0.4) is 0 Å². The van der Waals surface area contributed by atoms with E-state index in [4.69, 9.17) is 0 Å². The topological polar surface area (TPSA) is 50.2 Å². The van der Waals surface area contributed by atoms with Crippen LogP contribution in [0.25, 0.3) is 0 Å². The van der Waals surface area contributed by atoms with Crippen molar-refractivity contribution >= 4 is 5.91 Å². The molecule has 1 saturated heterocycles. The molecule has 110 valence electrons. The first-order valence-electron chi connectivity index (χ1n) is 7.73. The third kappa shape index (κ3) is 2.87. The van der Waals surface area contributed by atoms with Crippen LogP contribution in [0, 0.1) is 0 Å². The van der Waals surface area contributed by atoms with Crippen LogP contribution in [-0.2, 0) is 4.79 Å². The van der Waals surface area contributed by atoms with E-state index in [2.05, 4.69) is 21.1 Å². The van der Waals surface area contributed by atoms with Gasteiger partial charge in [-0.2, -0.15) is 0 Å². The van der Waals surface area contributed by atoms with Gasteiger partial charge in [0.25, 0.3) is 0 Å². The third-order valence-electron chi connectivity index (χ3n) is 4.78. The Balaban J connectivity index is 1.54. The molecule has 0 aromatic carbocycles. The Morgan fingerprint density at radius 2 is 2.05 bits per heavy atom. The number of likely N-dealkylation sites (tertiary alicyclic amines) is 1. The van der Waals surface area contributed by atoms with Crippen molar-refractivity contribution in [1.29, 1.82) is 0 Å². The van der Waals surface area contributed by atoms with Crippen molar-refractivity contribution in [3.63, 3.8) is 0 Å². The summed E-state index contributed by atoms with van der Waals surface area (Å²) in [5.41, 5.74) is 0. The Morgan fingerprint density at radius 1 is 1.25 bits per heavy atom. The lowest BCUT2D eigenvalue weighted by Crippen LogP contribution is -2.48. The average Bonchev–Trinajstić information content (AvgIpc) is 3.09. The first-order chi connectivity index (χ1) is 9.74. The standard InChI is InChI=1S/C15H24N4O/c1-12(20)18-8-5-13(6-9-18)17-14-3-2-4-15(14)19-10-7-16-11-19/h7,10-11,13-15,17H,2-6,8-9H2,1H3. The molecule has 1 amide bonds. The molecule has 2 fully saturated rings. The molecule has 2 unspecified atom stereocenters. The molecule has 5 heteroatoms. The molecule has 0 bridgehead atoms. The largest absolute Gasteiger partial charge is 0.343 e. The lowest BCUT2D eigenvalue weighted by atomic mass is 10.0. The summed E-state index contributed by atoms with van der Waals surface area (Å²) in [7, 11) is 0. The summed E-state index contributed by atoms with van der Waals surface area (Å²) in [4.78, 5) is 17.5. The van der Waals surface area contributed by atoms with Crippen molar-refractivity contribution in [3.8, 4) is 0 Å². The van der Waals surface area contributed by atoms with Crippen molar-refractivity contribution in [1.82, 2.24) is 19.8 Å². The van der Waals surface area contributed by atoms with Gasteiger partial charge in [-0.3, -0.25) is 4.79 Å². The maximum Gasteiger partial charge on any atom is 0.219 e. The summed E-state index contributed by atoms with van der Waals surface area (Å²) in [6, 6.07) is 1.65. The van der Waals surface area contributed by atoms with Crippen LogP contribution in [0.2, 0.25) is 0 Å². The van der Waals surface area contributed by atoms with Gasteiger partial charge in [0.1, 0.15) is 0 Å². The zero-order valence-corrected chi connectivity index (χ0v) is 12.2. The molecule has 1 aromatic heterocycles. The second-order valence-electron chi connectivity index (χ2n) is 6.06. The highest BCUT2D eigenvalue weighted by molar-refractivity contribution is 5.73. The van der Waals surface area contributed by atoms with E-state index < -0.39 is 0 Å². The number of nitrogens with one attached hydrogen (secondary N) is 1. The molecule has 1 aliphatic heterocycles. The molecule has 3 rings (SSSR count). The Kier molecular flexibility index (Phi) is 4.05. The van der Waals surface area contributed by atoms with E-state index in [9.17, 15) is 4.79 Å². The third-order valence-corrected chi connectivity index (χ3v) is 4.78. The predicted molar refractivity (Wildman–Crippen MR) is 77.3 cm³/mol. The average molecular weight is 276 g/mol. The summed E-state index contributed by atoms with van der Waals surface area (Å²) in [5, 5.41) is 3.83. The number of imidazole rings is 1. The molecular weight excluding hydrogens is 252 g/mol. The highest BCUT2D eigenvalue weighted by Crippen LogP contribution is 2.31. The molecule has 2 atom stereocenters. The number of amides is 1. The first kappa shape index (κ1) is 13.6. The molecule has 0 radical (unpaired) electrons. The monoisotopic (exact) mass is 276 g/mol. The SMILES string of the molecule is CC(=O)N1CCC(NC2CCCC2n2ccnc2)CC1. The summed E-state index contributed by atoms with van der Waals surface area (Å²) in [5.74, 6) is 0.209. The molecule has 1 aliphatic carbocycles. The van der Waals surface area contributed by atoms with Crippen LogP contribution in [0.15, 0.2) is 18.7 Å². The van der Waals surface area contributed by atoms with Gasteiger partial charge < -0.3 is 14.8 Å². The Hall–Kier alpha value is -1.36. The minimum absolute atomic E-state index is 0.209. The van der Waals surface area contributed by atoms with Gasteiger partial charge >= 0.3 is 0 Å². The number of hydrogen-bond acceptors (Lipinski definition) is 3. The van der Waals surface area contributed by atoms with Crippen LogP contribution in [0.5, 0.6) is 0 Å². The number of carbonyl (C=O) groups excluding carboxylic acids is 1. The van der Waals surface area contributed by atoms with Crippen LogP contribution >= 0.6 is 0 Å². The maximum absolute atomic E-state index is 11.4. The van der Waals surface area contributed by atoms with Gasteiger partial charge in [-0.15, -0.1) is 0 Å². The fourth-order valence-corrected chi connectivity index (χ4v) is 3.62. The molecule has 2 heterocycles. The fourth-order valence-electron chi connectivity index (χ4n) is 3.62. The number of carbonyl (C=O) groups is 1. The second-order valence-corrected chi connectivity index (χ2v) is 6.06. The van der Waals surface area contributed by atoms with E-state index >= 15 is 0 Å². The van der Waals surface area contributed by atoms with Crippen molar-refractivity contribution in [2.24, 2.45) is 0 Å². The lowest BCUT2D eigenvalue weighted by molar-refractivity contribution is -0.129. The second kappa shape index (κ2) is 5.95. The van der Waals surface area contributed by atoms with Crippen LogP contribution in [0.4, 0.5) is 0 Å². The Labute approximate surface area is 120 Å². The minimum Gasteiger partial charge on any atom is -0.343 e. The number of hydrogen-bond donors (Lipinski definition) is 1. The number of piperidine rings is 1. The van der Waals surface area contributed by atoms with Crippen LogP contribution in [0.1, 0.15) is 45.1 Å². The fraction of sp³-hybridized carbons (Fsp3) is 0.733. The van der Waals surface area contributed by atoms with E-state index in [-0.39, 0.29) is 5.91 Å². The molecule has 1 aromatic rings. The number of nitrogens with zero attached hydrogens (tertiary/aromatic N) is 3. The van der Waals surface area contributed by atoms with Gasteiger partial charge in [0.05, 0.1) is 6.33 Å². The minimum atomic E-state index is 0.209. The van der Waals surface area contributed by atoms with Gasteiger partial charge in [-0.25, -0.2) is 4.98 Å². The highest BCUT2D eigenvalue weighted by atomic mass is 16.2. The van der Waals surface area contributed by atoms with Gasteiger partial charge in [0, 0.05) is 50.5 Å². The molecule has 0 spiro atoms. The highest BCUT2D eigenvalue weighted by Gasteiger charge is 2.31. The molecule has 5 nitrogen and oxygen atoms in total. The smallest absolute Gasteiger partial charge is 0.219 e. The molecule has 1 saturated carbocycles. The van der Waals surface area contributed by atoms with E-state index in [0.717, 1.165) is 25.9 Å². The zero-order chi connectivity index (χ0) is 13.9. The lowest BCUT2D eigenvalue weighted by Gasteiger charge is -2.34. The van der Waals surface area contributed by atoms with Gasteiger partial charge in [-0.1, -0.05) is 0 Å². The van der Waals surface area contributed by atoms with Gasteiger partial charge in [0.2, 0.25) is 5.91 Å². The van der Waals surface area contributed by atoms with E-state index in [0.29, 0.717) is 18.1 Å². The maximum atomic E-state index is 11.4. The van der Waals surface area contributed by atoms with E-state index in [1.165, 1.54) is 19.3 Å². The first-order valence-corrected chi connectivity index (χ1v) is 7.73.